The molecule has 178 valence electrons. The van der Waals surface area contributed by atoms with Crippen molar-refractivity contribution in [2.24, 2.45) is 0 Å². The summed E-state index contributed by atoms with van der Waals surface area (Å²) in [6, 6.07) is 29.4. The average molecular weight is 505 g/mol. The van der Waals surface area contributed by atoms with E-state index in [1.165, 1.54) is 16.4 Å². The fraction of sp³-hybridized carbons (Fsp3) is 0.143. The summed E-state index contributed by atoms with van der Waals surface area (Å²) >= 11 is 5.99. The second-order valence-corrected chi connectivity index (χ2v) is 10.9. The summed E-state index contributed by atoms with van der Waals surface area (Å²) in [5, 5.41) is 13.9. The van der Waals surface area contributed by atoms with E-state index < -0.39 is 16.1 Å². The Kier molecular flexibility index (Phi) is 6.28. The number of aliphatic hydroxyl groups excluding tert-OH is 1. The molecule has 1 aromatic heterocycles. The predicted molar refractivity (Wildman–Crippen MR) is 143 cm³/mol. The monoisotopic (exact) mass is 504 g/mol. The van der Waals surface area contributed by atoms with Gasteiger partial charge in [0.25, 0.3) is 10.0 Å². The zero-order valence-corrected chi connectivity index (χ0v) is 20.7. The molecule has 35 heavy (non-hydrogen) atoms. The first-order valence-corrected chi connectivity index (χ1v) is 13.2. The van der Waals surface area contributed by atoms with Gasteiger partial charge in [-0.3, -0.25) is 4.31 Å². The molecule has 0 aliphatic rings. The quantitative estimate of drug-likeness (QED) is 0.295. The zero-order chi connectivity index (χ0) is 24.6. The molecule has 0 spiro atoms. The van der Waals surface area contributed by atoms with Crippen LogP contribution in [-0.4, -0.2) is 30.7 Å². The van der Waals surface area contributed by atoms with Crippen molar-refractivity contribution in [2.75, 3.05) is 10.8 Å². The molecule has 0 unspecified atom stereocenters. The lowest BCUT2D eigenvalue weighted by molar-refractivity contribution is 0.166. The summed E-state index contributed by atoms with van der Waals surface area (Å²) in [4.78, 5) is 0.118. The van der Waals surface area contributed by atoms with Crippen molar-refractivity contribution < 1.29 is 13.5 Å². The normalized spacial score (nSPS) is 12.8. The number of aromatic nitrogens is 1. The van der Waals surface area contributed by atoms with Crippen molar-refractivity contribution in [1.29, 1.82) is 0 Å². The molecule has 1 heterocycles. The zero-order valence-electron chi connectivity index (χ0n) is 19.2. The Morgan fingerprint density at radius 1 is 0.857 bits per heavy atom. The number of aryl methyl sites for hydroxylation is 1. The molecule has 0 saturated heterocycles. The lowest BCUT2D eigenvalue weighted by atomic mass is 10.2. The van der Waals surface area contributed by atoms with Gasteiger partial charge in [0, 0.05) is 26.8 Å². The Morgan fingerprint density at radius 3 is 2.06 bits per heavy atom. The van der Waals surface area contributed by atoms with Crippen LogP contribution in [0.3, 0.4) is 0 Å². The highest BCUT2D eigenvalue weighted by molar-refractivity contribution is 7.92. The molecule has 0 aliphatic carbocycles. The lowest BCUT2D eigenvalue weighted by Crippen LogP contribution is -2.39. The van der Waals surface area contributed by atoms with Gasteiger partial charge in [-0.25, -0.2) is 8.42 Å². The number of rotatable bonds is 7. The van der Waals surface area contributed by atoms with Gasteiger partial charge in [-0.2, -0.15) is 0 Å². The molecule has 5 nitrogen and oxygen atoms in total. The Hall–Kier alpha value is -3.32. The second-order valence-electron chi connectivity index (χ2n) is 8.63. The van der Waals surface area contributed by atoms with Crippen molar-refractivity contribution in [3.05, 3.63) is 108 Å². The highest BCUT2D eigenvalue weighted by Crippen LogP contribution is 2.30. The minimum atomic E-state index is -3.94. The van der Waals surface area contributed by atoms with Gasteiger partial charge in [0.15, 0.2) is 0 Å². The van der Waals surface area contributed by atoms with Crippen molar-refractivity contribution in [3.8, 4) is 0 Å². The summed E-state index contributed by atoms with van der Waals surface area (Å²) in [7, 11) is -3.94. The topological polar surface area (TPSA) is 62.5 Å². The number of benzene rings is 4. The third-order valence-corrected chi connectivity index (χ3v) is 8.20. The molecule has 0 radical (unpaired) electrons. The molecule has 4 aromatic carbocycles. The van der Waals surface area contributed by atoms with Gasteiger partial charge in [0.05, 0.1) is 29.8 Å². The third-order valence-electron chi connectivity index (χ3n) is 6.14. The molecule has 0 fully saturated rings. The summed E-state index contributed by atoms with van der Waals surface area (Å²) in [5.41, 5.74) is 3.42. The Labute approximate surface area is 209 Å². The summed E-state index contributed by atoms with van der Waals surface area (Å²) in [5.74, 6) is 0. The van der Waals surface area contributed by atoms with E-state index in [2.05, 4.69) is 16.7 Å². The maximum Gasteiger partial charge on any atom is 0.264 e. The first-order valence-electron chi connectivity index (χ1n) is 11.3. The summed E-state index contributed by atoms with van der Waals surface area (Å²) in [6.07, 6.45) is -0.961. The van der Waals surface area contributed by atoms with E-state index in [1.807, 2.05) is 55.5 Å². The molecule has 5 rings (SSSR count). The molecular formula is C28H25ClN2O3S. The molecule has 0 saturated carbocycles. The van der Waals surface area contributed by atoms with Crippen LogP contribution in [-0.2, 0) is 16.6 Å². The molecule has 7 heteroatoms. The minimum Gasteiger partial charge on any atom is -0.389 e. The van der Waals surface area contributed by atoms with E-state index in [0.717, 1.165) is 27.4 Å². The van der Waals surface area contributed by atoms with Gasteiger partial charge >= 0.3 is 0 Å². The van der Waals surface area contributed by atoms with Crippen LogP contribution in [0.2, 0.25) is 5.02 Å². The van der Waals surface area contributed by atoms with E-state index >= 15 is 0 Å². The van der Waals surface area contributed by atoms with Crippen LogP contribution in [0.15, 0.2) is 102 Å². The molecule has 0 aliphatic heterocycles. The first-order chi connectivity index (χ1) is 16.8. The SMILES string of the molecule is Cc1cccc(N(C[C@H](O)Cn2c3ccccc3c3ccccc32)S(=O)(=O)c2ccc(Cl)cc2)c1. The largest absolute Gasteiger partial charge is 0.389 e. The molecular weight excluding hydrogens is 480 g/mol. The van der Waals surface area contributed by atoms with Crippen LogP contribution in [0.25, 0.3) is 21.8 Å². The fourth-order valence-electron chi connectivity index (χ4n) is 4.52. The van der Waals surface area contributed by atoms with Gasteiger partial charge in [-0.15, -0.1) is 0 Å². The van der Waals surface area contributed by atoms with E-state index in [9.17, 15) is 13.5 Å². The number of halogens is 1. The number of hydrogen-bond acceptors (Lipinski definition) is 3. The van der Waals surface area contributed by atoms with Gasteiger partial charge in [0.1, 0.15) is 0 Å². The number of hydrogen-bond donors (Lipinski definition) is 1. The van der Waals surface area contributed by atoms with E-state index in [-0.39, 0.29) is 18.0 Å². The van der Waals surface area contributed by atoms with Crippen LogP contribution in [0.1, 0.15) is 5.56 Å². The standard InChI is InChI=1S/C28H25ClN2O3S/c1-20-7-6-8-22(17-20)31(35(33,34)24-15-13-21(29)14-16-24)19-23(32)18-30-27-11-4-2-9-25(27)26-10-3-5-12-28(26)30/h2-17,23,32H,18-19H2,1H3/t23-/m1/s1. The fourth-order valence-corrected chi connectivity index (χ4v) is 6.14. The lowest BCUT2D eigenvalue weighted by Gasteiger charge is -2.27. The van der Waals surface area contributed by atoms with Crippen LogP contribution in [0, 0.1) is 6.92 Å². The van der Waals surface area contributed by atoms with E-state index in [1.54, 1.807) is 24.3 Å². The number of aliphatic hydroxyl groups is 1. The molecule has 1 atom stereocenters. The van der Waals surface area contributed by atoms with E-state index in [0.29, 0.717) is 10.7 Å². The molecule has 5 aromatic rings. The predicted octanol–water partition coefficient (Wildman–Crippen LogP) is 6.01. The van der Waals surface area contributed by atoms with Gasteiger partial charge in [-0.1, -0.05) is 60.1 Å². The highest BCUT2D eigenvalue weighted by atomic mass is 35.5. The van der Waals surface area contributed by atoms with Gasteiger partial charge in [-0.05, 0) is 61.0 Å². The summed E-state index contributed by atoms with van der Waals surface area (Å²) < 4.78 is 30.7. The maximum absolute atomic E-state index is 13.7. The number of sulfonamides is 1. The molecule has 1 N–H and O–H groups in total. The number of fused-ring (bicyclic) bond motifs is 3. The van der Waals surface area contributed by atoms with Gasteiger partial charge < -0.3 is 9.67 Å². The Bertz CT molecular complexity index is 1560. The van der Waals surface area contributed by atoms with Crippen molar-refractivity contribution >= 4 is 49.1 Å². The number of para-hydroxylation sites is 2. The van der Waals surface area contributed by atoms with Gasteiger partial charge in [0.2, 0.25) is 0 Å². The van der Waals surface area contributed by atoms with Crippen molar-refractivity contribution in [1.82, 2.24) is 4.57 Å². The van der Waals surface area contributed by atoms with Crippen LogP contribution >= 0.6 is 11.6 Å². The first kappa shape index (κ1) is 23.4. The maximum atomic E-state index is 13.7. The number of nitrogens with zero attached hydrogens (tertiary/aromatic N) is 2. The van der Waals surface area contributed by atoms with Crippen molar-refractivity contribution in [3.63, 3.8) is 0 Å². The summed E-state index contributed by atoms with van der Waals surface area (Å²) in [6.45, 7) is 2.05. The van der Waals surface area contributed by atoms with Crippen molar-refractivity contribution in [2.45, 2.75) is 24.5 Å². The van der Waals surface area contributed by atoms with Crippen LogP contribution in [0.5, 0.6) is 0 Å². The molecule has 0 amide bonds. The average Bonchev–Trinajstić information content (AvgIpc) is 3.16. The highest BCUT2D eigenvalue weighted by Gasteiger charge is 2.28. The Balaban J connectivity index is 1.53. The molecule has 0 bridgehead atoms. The van der Waals surface area contributed by atoms with Crippen LogP contribution in [0.4, 0.5) is 5.69 Å². The smallest absolute Gasteiger partial charge is 0.264 e. The number of anilines is 1. The third kappa shape index (κ3) is 4.52. The van der Waals surface area contributed by atoms with Crippen LogP contribution < -0.4 is 4.31 Å². The minimum absolute atomic E-state index is 0.102. The second kappa shape index (κ2) is 9.38. The van der Waals surface area contributed by atoms with E-state index in [4.69, 9.17) is 11.6 Å². The Morgan fingerprint density at radius 2 is 1.46 bits per heavy atom.